The van der Waals surface area contributed by atoms with Crippen LogP contribution in [0.5, 0.6) is 0 Å². The molecule has 1 N–H and O–H groups in total. The van der Waals surface area contributed by atoms with Crippen molar-refractivity contribution in [2.45, 2.75) is 12.7 Å². The maximum Gasteiger partial charge on any atom is 0.416 e. The lowest BCUT2D eigenvalue weighted by molar-refractivity contribution is -0.137. The normalized spacial score (nSPS) is 11.2. The Bertz CT molecular complexity index is 597. The van der Waals surface area contributed by atoms with Crippen molar-refractivity contribution < 1.29 is 18.0 Å². The molecule has 104 valence electrons. The quantitative estimate of drug-likeness (QED) is 0.939. The van der Waals surface area contributed by atoms with Crippen molar-refractivity contribution in [2.24, 2.45) is 0 Å². The van der Waals surface area contributed by atoms with E-state index >= 15 is 0 Å². The van der Waals surface area contributed by atoms with Crippen LogP contribution in [0.4, 0.5) is 13.2 Å². The molecule has 0 fully saturated rings. The van der Waals surface area contributed by atoms with E-state index in [0.717, 1.165) is 12.1 Å². The van der Waals surface area contributed by atoms with Gasteiger partial charge < -0.3 is 5.32 Å². The average Bonchev–Trinajstić information content (AvgIpc) is 2.45. The minimum Gasteiger partial charge on any atom is -0.348 e. The highest BCUT2D eigenvalue weighted by Crippen LogP contribution is 2.29. The van der Waals surface area contributed by atoms with Crippen molar-refractivity contribution in [2.75, 3.05) is 0 Å². The summed E-state index contributed by atoms with van der Waals surface area (Å²) in [6, 6.07) is 8.04. The monoisotopic (exact) mass is 280 g/mol. The molecule has 3 nitrogen and oxygen atoms in total. The SMILES string of the molecule is O=C(NCc1cccc(C(F)(F)F)c1)c1cccnc1. The number of carbonyl (C=O) groups excluding carboxylic acids is 1. The molecule has 0 aliphatic carbocycles. The molecule has 1 aromatic carbocycles. The van der Waals surface area contributed by atoms with Crippen LogP contribution in [0.2, 0.25) is 0 Å². The molecule has 0 unspecified atom stereocenters. The summed E-state index contributed by atoms with van der Waals surface area (Å²) in [7, 11) is 0. The third-order valence-electron chi connectivity index (χ3n) is 2.63. The molecule has 1 aromatic heterocycles. The lowest BCUT2D eigenvalue weighted by Crippen LogP contribution is -2.23. The predicted molar refractivity (Wildman–Crippen MR) is 66.9 cm³/mol. The lowest BCUT2D eigenvalue weighted by atomic mass is 10.1. The molecule has 20 heavy (non-hydrogen) atoms. The van der Waals surface area contributed by atoms with Gasteiger partial charge in [0.15, 0.2) is 0 Å². The second-order valence-corrected chi connectivity index (χ2v) is 4.12. The Labute approximate surface area is 113 Å². The Kier molecular flexibility index (Phi) is 4.02. The third-order valence-corrected chi connectivity index (χ3v) is 2.63. The van der Waals surface area contributed by atoms with E-state index in [1.165, 1.54) is 24.5 Å². The Balaban J connectivity index is 2.03. The van der Waals surface area contributed by atoms with Crippen LogP contribution >= 0.6 is 0 Å². The number of benzene rings is 1. The first-order valence-electron chi connectivity index (χ1n) is 5.81. The third kappa shape index (κ3) is 3.57. The molecule has 0 atom stereocenters. The highest BCUT2D eigenvalue weighted by Gasteiger charge is 2.30. The van der Waals surface area contributed by atoms with Crippen LogP contribution in [0, 0.1) is 0 Å². The van der Waals surface area contributed by atoms with Gasteiger partial charge in [0.2, 0.25) is 0 Å². The van der Waals surface area contributed by atoms with E-state index in [1.54, 1.807) is 12.1 Å². The van der Waals surface area contributed by atoms with Gasteiger partial charge in [-0.2, -0.15) is 13.2 Å². The molecule has 0 aliphatic rings. The minimum atomic E-state index is -4.39. The number of nitrogens with one attached hydrogen (secondary N) is 1. The van der Waals surface area contributed by atoms with Gasteiger partial charge in [0.25, 0.3) is 5.91 Å². The van der Waals surface area contributed by atoms with Gasteiger partial charge >= 0.3 is 6.18 Å². The van der Waals surface area contributed by atoms with Crippen LogP contribution in [0.15, 0.2) is 48.8 Å². The van der Waals surface area contributed by atoms with Crippen molar-refractivity contribution in [1.82, 2.24) is 10.3 Å². The summed E-state index contributed by atoms with van der Waals surface area (Å²) in [6.45, 7) is 0.0254. The second kappa shape index (κ2) is 5.73. The van der Waals surface area contributed by atoms with Crippen molar-refractivity contribution in [3.63, 3.8) is 0 Å². The van der Waals surface area contributed by atoms with E-state index in [0.29, 0.717) is 11.1 Å². The van der Waals surface area contributed by atoms with E-state index in [1.807, 2.05) is 0 Å². The molecule has 0 radical (unpaired) electrons. The molecular weight excluding hydrogens is 269 g/mol. The number of nitrogens with zero attached hydrogens (tertiary/aromatic N) is 1. The van der Waals surface area contributed by atoms with Gasteiger partial charge in [0, 0.05) is 18.9 Å². The largest absolute Gasteiger partial charge is 0.416 e. The summed E-state index contributed by atoms with van der Waals surface area (Å²) in [5.41, 5.74) is 0.0159. The zero-order valence-electron chi connectivity index (χ0n) is 10.3. The van der Waals surface area contributed by atoms with Gasteiger partial charge in [0.05, 0.1) is 11.1 Å². The topological polar surface area (TPSA) is 42.0 Å². The molecule has 6 heteroatoms. The van der Waals surface area contributed by atoms with Gasteiger partial charge in [-0.1, -0.05) is 12.1 Å². The minimum absolute atomic E-state index is 0.0254. The Morgan fingerprint density at radius 1 is 1.20 bits per heavy atom. The van der Waals surface area contributed by atoms with E-state index in [9.17, 15) is 18.0 Å². The number of pyridine rings is 1. The fourth-order valence-corrected chi connectivity index (χ4v) is 1.64. The van der Waals surface area contributed by atoms with Crippen LogP contribution in [0.3, 0.4) is 0 Å². The van der Waals surface area contributed by atoms with Crippen molar-refractivity contribution in [3.05, 3.63) is 65.5 Å². The first kappa shape index (κ1) is 14.0. The van der Waals surface area contributed by atoms with Crippen LogP contribution in [0.1, 0.15) is 21.5 Å². The van der Waals surface area contributed by atoms with Gasteiger partial charge in [-0.3, -0.25) is 9.78 Å². The fraction of sp³-hybridized carbons (Fsp3) is 0.143. The molecule has 0 aliphatic heterocycles. The first-order chi connectivity index (χ1) is 9.47. The van der Waals surface area contributed by atoms with Crippen LogP contribution in [-0.4, -0.2) is 10.9 Å². The smallest absolute Gasteiger partial charge is 0.348 e. The highest BCUT2D eigenvalue weighted by atomic mass is 19.4. The summed E-state index contributed by atoms with van der Waals surface area (Å²) in [5, 5.41) is 2.55. The standard InChI is InChI=1S/C14H11F3N2O/c15-14(16,17)12-5-1-3-10(7-12)8-19-13(20)11-4-2-6-18-9-11/h1-7,9H,8H2,(H,19,20). The summed E-state index contributed by atoms with van der Waals surface area (Å²) < 4.78 is 37.6. The Hall–Kier alpha value is -2.37. The Morgan fingerprint density at radius 2 is 2.00 bits per heavy atom. The first-order valence-corrected chi connectivity index (χ1v) is 5.81. The molecule has 0 spiro atoms. The number of alkyl halides is 3. The van der Waals surface area contributed by atoms with Crippen LogP contribution < -0.4 is 5.32 Å². The van der Waals surface area contributed by atoms with Crippen molar-refractivity contribution in [3.8, 4) is 0 Å². The molecule has 2 aromatic rings. The molecule has 1 heterocycles. The summed E-state index contributed by atoms with van der Waals surface area (Å²) in [5.74, 6) is -0.379. The van der Waals surface area contributed by atoms with E-state index < -0.39 is 11.7 Å². The van der Waals surface area contributed by atoms with Gasteiger partial charge in [-0.05, 0) is 29.8 Å². The number of aromatic nitrogens is 1. The zero-order valence-corrected chi connectivity index (χ0v) is 10.3. The van der Waals surface area contributed by atoms with E-state index in [2.05, 4.69) is 10.3 Å². The number of halogens is 3. The Morgan fingerprint density at radius 3 is 2.65 bits per heavy atom. The van der Waals surface area contributed by atoms with Gasteiger partial charge in [0.1, 0.15) is 0 Å². The van der Waals surface area contributed by atoms with Crippen LogP contribution in [-0.2, 0) is 12.7 Å². The number of hydrogen-bond acceptors (Lipinski definition) is 2. The number of carbonyl (C=O) groups is 1. The summed E-state index contributed by atoms with van der Waals surface area (Å²) in [4.78, 5) is 15.5. The average molecular weight is 280 g/mol. The van der Waals surface area contributed by atoms with Crippen molar-refractivity contribution in [1.29, 1.82) is 0 Å². The lowest BCUT2D eigenvalue weighted by Gasteiger charge is -2.09. The molecule has 0 saturated carbocycles. The number of amides is 1. The fourth-order valence-electron chi connectivity index (χ4n) is 1.64. The van der Waals surface area contributed by atoms with Gasteiger partial charge in [-0.25, -0.2) is 0 Å². The highest BCUT2D eigenvalue weighted by molar-refractivity contribution is 5.93. The van der Waals surface area contributed by atoms with Crippen molar-refractivity contribution >= 4 is 5.91 Å². The zero-order chi connectivity index (χ0) is 14.6. The maximum atomic E-state index is 12.5. The molecular formula is C14H11F3N2O. The molecule has 1 amide bonds. The molecule has 0 bridgehead atoms. The molecule has 0 saturated heterocycles. The number of hydrogen-bond donors (Lipinski definition) is 1. The summed E-state index contributed by atoms with van der Waals surface area (Å²) >= 11 is 0. The van der Waals surface area contributed by atoms with E-state index in [-0.39, 0.29) is 12.5 Å². The second-order valence-electron chi connectivity index (χ2n) is 4.12. The maximum absolute atomic E-state index is 12.5. The van der Waals surface area contributed by atoms with Gasteiger partial charge in [-0.15, -0.1) is 0 Å². The predicted octanol–water partition coefficient (Wildman–Crippen LogP) is 3.03. The molecule has 2 rings (SSSR count). The summed E-state index contributed by atoms with van der Waals surface area (Å²) in [6.07, 6.45) is -1.46. The van der Waals surface area contributed by atoms with E-state index in [4.69, 9.17) is 0 Å². The number of rotatable bonds is 3. The van der Waals surface area contributed by atoms with Crippen LogP contribution in [0.25, 0.3) is 0 Å².